The van der Waals surface area contributed by atoms with E-state index in [1.54, 1.807) is 0 Å². The highest BCUT2D eigenvalue weighted by molar-refractivity contribution is 7.99. The van der Waals surface area contributed by atoms with Gasteiger partial charge in [0, 0.05) is 12.2 Å². The molecule has 0 aliphatic rings. The van der Waals surface area contributed by atoms with Crippen LogP contribution in [0.3, 0.4) is 0 Å². The van der Waals surface area contributed by atoms with E-state index < -0.39 is 0 Å². The predicted octanol–water partition coefficient (Wildman–Crippen LogP) is 2.59. The van der Waals surface area contributed by atoms with Gasteiger partial charge in [0.1, 0.15) is 5.82 Å². The van der Waals surface area contributed by atoms with E-state index in [1.165, 1.54) is 11.8 Å². The minimum absolute atomic E-state index is 0.0170. The van der Waals surface area contributed by atoms with Crippen molar-refractivity contribution in [2.75, 3.05) is 17.6 Å². The molecule has 1 atom stereocenters. The minimum atomic E-state index is -0.192. The van der Waals surface area contributed by atoms with E-state index in [-0.39, 0.29) is 17.1 Å². The van der Waals surface area contributed by atoms with Crippen molar-refractivity contribution < 1.29 is 4.79 Å². The number of rotatable bonds is 8. The zero-order valence-electron chi connectivity index (χ0n) is 14.7. The summed E-state index contributed by atoms with van der Waals surface area (Å²) in [7, 11) is 0. The maximum absolute atomic E-state index is 12.0. The number of nitrogens with one attached hydrogen (secondary N) is 2. The second kappa shape index (κ2) is 9.22. The molecule has 0 saturated heterocycles. The molecule has 2 rings (SSSR count). The Kier molecular flexibility index (Phi) is 7.00. The van der Waals surface area contributed by atoms with Gasteiger partial charge in [0.15, 0.2) is 0 Å². The normalized spacial score (nSPS) is 12.0. The first-order valence-corrected chi connectivity index (χ1v) is 9.20. The van der Waals surface area contributed by atoms with Gasteiger partial charge in [0.25, 0.3) is 0 Å². The highest BCUT2D eigenvalue weighted by atomic mass is 32.2. The Morgan fingerprint density at radius 1 is 1.16 bits per heavy atom. The fourth-order valence-electron chi connectivity index (χ4n) is 1.93. The Balaban J connectivity index is 1.94. The molecule has 2 aromatic rings. The number of carbonyl (C=O) groups is 1. The second-order valence-electron chi connectivity index (χ2n) is 6.02. The lowest BCUT2D eigenvalue weighted by atomic mass is 10.2. The summed E-state index contributed by atoms with van der Waals surface area (Å²) in [6, 6.07) is 9.59. The van der Waals surface area contributed by atoms with Gasteiger partial charge in [-0.1, -0.05) is 32.0 Å². The molecule has 0 radical (unpaired) electrons. The maximum Gasteiger partial charge on any atom is 0.232 e. The molecule has 1 heterocycles. The number of thioether (sulfide) groups is 1. The van der Waals surface area contributed by atoms with Crippen molar-refractivity contribution in [3.63, 3.8) is 0 Å². The minimum Gasteiger partial charge on any atom is -0.368 e. The Bertz CT molecular complexity index is 695. The zero-order valence-corrected chi connectivity index (χ0v) is 15.5. The van der Waals surface area contributed by atoms with Gasteiger partial charge in [0.05, 0.1) is 11.0 Å². The molecule has 1 amide bonds. The second-order valence-corrected chi connectivity index (χ2v) is 7.35. The molecule has 7 nitrogen and oxygen atoms in total. The molecule has 134 valence electrons. The molecule has 1 aromatic heterocycles. The number of nitrogens with two attached hydrogens (primary N) is 1. The van der Waals surface area contributed by atoms with Gasteiger partial charge in [-0.15, -0.1) is 11.8 Å². The van der Waals surface area contributed by atoms with Crippen LogP contribution >= 0.6 is 11.8 Å². The van der Waals surface area contributed by atoms with Crippen LogP contribution in [0.5, 0.6) is 0 Å². The third-order valence-corrected chi connectivity index (χ3v) is 4.38. The fraction of sp³-hybridized carbons (Fsp3) is 0.412. The molecule has 4 N–H and O–H groups in total. The summed E-state index contributed by atoms with van der Waals surface area (Å²) in [5.41, 5.74) is 6.64. The summed E-state index contributed by atoms with van der Waals surface area (Å²) in [5.74, 6) is 2.01. The number of benzene rings is 1. The van der Waals surface area contributed by atoms with Crippen molar-refractivity contribution in [1.82, 2.24) is 20.3 Å². The standard InChI is InChI=1S/C17H24N6OS/c1-11(2)9-19-15(24)12(3)25-10-14-21-16(18)23-17(22-14)20-13-7-5-4-6-8-13/h4-8,11-12H,9-10H2,1-3H3,(H,19,24)(H3,18,20,21,22,23)/t12-/m1/s1. The number of hydrogen-bond acceptors (Lipinski definition) is 7. The molecule has 0 unspecified atom stereocenters. The SMILES string of the molecule is CC(C)CNC(=O)[C@@H](C)SCc1nc(N)nc(Nc2ccccc2)n1. The molecule has 0 fully saturated rings. The molecule has 0 saturated carbocycles. The molecule has 0 bridgehead atoms. The van der Waals surface area contributed by atoms with Crippen molar-refractivity contribution in [1.29, 1.82) is 0 Å². The number of nitrogen functional groups attached to an aromatic ring is 1. The van der Waals surface area contributed by atoms with Crippen LogP contribution < -0.4 is 16.4 Å². The van der Waals surface area contributed by atoms with Crippen molar-refractivity contribution in [2.45, 2.75) is 31.8 Å². The fourth-order valence-corrected chi connectivity index (χ4v) is 2.70. The van der Waals surface area contributed by atoms with Crippen molar-refractivity contribution in [3.8, 4) is 0 Å². The van der Waals surface area contributed by atoms with Crippen LogP contribution in [-0.2, 0) is 10.5 Å². The molecule has 1 aromatic carbocycles. The summed E-state index contributed by atoms with van der Waals surface area (Å²) < 4.78 is 0. The van der Waals surface area contributed by atoms with E-state index in [0.29, 0.717) is 30.0 Å². The number of nitrogens with zero attached hydrogens (tertiary/aromatic N) is 3. The predicted molar refractivity (Wildman–Crippen MR) is 103 cm³/mol. The average molecular weight is 360 g/mol. The number of carbonyl (C=O) groups excluding carboxylic acids is 1. The van der Waals surface area contributed by atoms with Gasteiger partial charge in [-0.3, -0.25) is 4.79 Å². The van der Waals surface area contributed by atoms with Crippen molar-refractivity contribution >= 4 is 35.3 Å². The lowest BCUT2D eigenvalue weighted by Crippen LogP contribution is -2.33. The number of amides is 1. The Morgan fingerprint density at radius 3 is 2.56 bits per heavy atom. The van der Waals surface area contributed by atoms with Gasteiger partial charge in [-0.05, 0) is 25.0 Å². The Hall–Kier alpha value is -2.35. The van der Waals surface area contributed by atoms with Crippen molar-refractivity contribution in [3.05, 3.63) is 36.2 Å². The molecule has 0 spiro atoms. The van der Waals surface area contributed by atoms with Crippen LogP contribution in [0, 0.1) is 5.92 Å². The molecule has 8 heteroatoms. The van der Waals surface area contributed by atoms with Gasteiger partial charge < -0.3 is 16.4 Å². The summed E-state index contributed by atoms with van der Waals surface area (Å²) in [5, 5.41) is 5.83. The van der Waals surface area contributed by atoms with Crippen LogP contribution in [-0.4, -0.2) is 32.7 Å². The highest BCUT2D eigenvalue weighted by Gasteiger charge is 2.15. The zero-order chi connectivity index (χ0) is 18.2. The number of aromatic nitrogens is 3. The Morgan fingerprint density at radius 2 is 1.88 bits per heavy atom. The molecule has 0 aliphatic heterocycles. The van der Waals surface area contributed by atoms with Gasteiger partial charge in [0.2, 0.25) is 17.8 Å². The van der Waals surface area contributed by atoms with Gasteiger partial charge >= 0.3 is 0 Å². The van der Waals surface area contributed by atoms with Gasteiger partial charge in [-0.2, -0.15) is 15.0 Å². The first-order chi connectivity index (χ1) is 11.9. The van der Waals surface area contributed by atoms with Crippen molar-refractivity contribution in [2.24, 2.45) is 5.92 Å². The molecular weight excluding hydrogens is 336 g/mol. The average Bonchev–Trinajstić information content (AvgIpc) is 2.58. The van der Waals surface area contributed by atoms with E-state index in [9.17, 15) is 4.79 Å². The maximum atomic E-state index is 12.0. The third kappa shape index (κ3) is 6.58. The molecule has 25 heavy (non-hydrogen) atoms. The summed E-state index contributed by atoms with van der Waals surface area (Å²) in [6.07, 6.45) is 0. The van der Waals surface area contributed by atoms with E-state index in [2.05, 4.69) is 39.4 Å². The van der Waals surface area contributed by atoms with E-state index >= 15 is 0 Å². The lowest BCUT2D eigenvalue weighted by Gasteiger charge is -2.13. The number of para-hydroxylation sites is 1. The van der Waals surface area contributed by atoms with Crippen LogP contribution in [0.15, 0.2) is 30.3 Å². The first-order valence-electron chi connectivity index (χ1n) is 8.16. The summed E-state index contributed by atoms with van der Waals surface area (Å²) in [6.45, 7) is 6.67. The number of hydrogen-bond donors (Lipinski definition) is 3. The van der Waals surface area contributed by atoms with Gasteiger partial charge in [-0.25, -0.2) is 0 Å². The van der Waals surface area contributed by atoms with Crippen LogP contribution in [0.4, 0.5) is 17.6 Å². The third-order valence-electron chi connectivity index (χ3n) is 3.25. The van der Waals surface area contributed by atoms with E-state index in [0.717, 1.165) is 5.69 Å². The monoisotopic (exact) mass is 360 g/mol. The largest absolute Gasteiger partial charge is 0.368 e. The number of anilines is 3. The summed E-state index contributed by atoms with van der Waals surface area (Å²) in [4.78, 5) is 24.6. The van der Waals surface area contributed by atoms with Crippen LogP contribution in [0.2, 0.25) is 0 Å². The summed E-state index contributed by atoms with van der Waals surface area (Å²) >= 11 is 1.46. The smallest absolute Gasteiger partial charge is 0.232 e. The molecule has 0 aliphatic carbocycles. The van der Waals surface area contributed by atoms with Crippen LogP contribution in [0.25, 0.3) is 0 Å². The highest BCUT2D eigenvalue weighted by Crippen LogP contribution is 2.18. The quantitative estimate of drug-likeness (QED) is 0.664. The van der Waals surface area contributed by atoms with Crippen LogP contribution in [0.1, 0.15) is 26.6 Å². The lowest BCUT2D eigenvalue weighted by molar-refractivity contribution is -0.120. The Labute approximate surface area is 152 Å². The van der Waals surface area contributed by atoms with E-state index in [4.69, 9.17) is 5.73 Å². The molecular formula is C17H24N6OS. The van der Waals surface area contributed by atoms with E-state index in [1.807, 2.05) is 37.3 Å². The first kappa shape index (κ1) is 19.0. The topological polar surface area (TPSA) is 106 Å².